The average molecular weight is 406 g/mol. The minimum absolute atomic E-state index is 0.227. The van der Waals surface area contributed by atoms with Gasteiger partial charge in [0.15, 0.2) is 11.5 Å². The molecule has 0 spiro atoms. The first-order valence-corrected chi connectivity index (χ1v) is 10.2. The van der Waals surface area contributed by atoms with Crippen LogP contribution in [0.15, 0.2) is 23.6 Å². The van der Waals surface area contributed by atoms with Crippen molar-refractivity contribution in [1.82, 2.24) is 4.90 Å². The quantitative estimate of drug-likeness (QED) is 0.748. The van der Waals surface area contributed by atoms with Gasteiger partial charge in [-0.2, -0.15) is 0 Å². The highest BCUT2D eigenvalue weighted by molar-refractivity contribution is 7.10. The summed E-state index contributed by atoms with van der Waals surface area (Å²) in [7, 11) is 4.76. The van der Waals surface area contributed by atoms with Gasteiger partial charge in [0.1, 0.15) is 6.04 Å². The van der Waals surface area contributed by atoms with Gasteiger partial charge in [0.2, 0.25) is 5.75 Å². The maximum absolute atomic E-state index is 12.0. The van der Waals surface area contributed by atoms with Gasteiger partial charge in [-0.1, -0.05) is 6.42 Å². The third-order valence-electron chi connectivity index (χ3n) is 5.21. The van der Waals surface area contributed by atoms with Crippen LogP contribution in [-0.2, 0) is 4.79 Å². The van der Waals surface area contributed by atoms with Gasteiger partial charge < -0.3 is 19.3 Å². The zero-order valence-corrected chi connectivity index (χ0v) is 17.5. The van der Waals surface area contributed by atoms with Crippen molar-refractivity contribution in [2.24, 2.45) is 0 Å². The highest BCUT2D eigenvalue weighted by Gasteiger charge is 2.37. The SMILES string of the molecule is COc1ccc(C(c2cc(C)cs2)N2CCCCC2C(=O)O)c(OC)c1OC. The Hall–Kier alpha value is -2.25. The number of piperidine rings is 1. The van der Waals surface area contributed by atoms with Crippen molar-refractivity contribution in [1.29, 1.82) is 0 Å². The zero-order valence-electron chi connectivity index (χ0n) is 16.7. The van der Waals surface area contributed by atoms with E-state index >= 15 is 0 Å². The van der Waals surface area contributed by atoms with E-state index in [9.17, 15) is 9.90 Å². The zero-order chi connectivity index (χ0) is 20.3. The lowest BCUT2D eigenvalue weighted by Crippen LogP contribution is -2.46. The van der Waals surface area contributed by atoms with Crippen LogP contribution in [0.25, 0.3) is 0 Å². The molecule has 2 aromatic rings. The summed E-state index contributed by atoms with van der Waals surface area (Å²) >= 11 is 1.64. The third kappa shape index (κ3) is 3.82. The molecule has 6 nitrogen and oxygen atoms in total. The minimum Gasteiger partial charge on any atom is -0.493 e. The van der Waals surface area contributed by atoms with Crippen molar-refractivity contribution >= 4 is 17.3 Å². The monoisotopic (exact) mass is 405 g/mol. The minimum atomic E-state index is -0.780. The average Bonchev–Trinajstić information content (AvgIpc) is 3.13. The van der Waals surface area contributed by atoms with Crippen molar-refractivity contribution in [2.45, 2.75) is 38.3 Å². The molecule has 2 atom stereocenters. The Morgan fingerprint density at radius 3 is 2.50 bits per heavy atom. The molecule has 1 aliphatic rings. The molecule has 0 aliphatic carbocycles. The van der Waals surface area contributed by atoms with Gasteiger partial charge >= 0.3 is 5.97 Å². The summed E-state index contributed by atoms with van der Waals surface area (Å²) in [6.45, 7) is 2.77. The van der Waals surface area contributed by atoms with Crippen LogP contribution in [0.3, 0.4) is 0 Å². The Bertz CT molecular complexity index is 834. The largest absolute Gasteiger partial charge is 0.493 e. The van der Waals surface area contributed by atoms with Crippen LogP contribution in [-0.4, -0.2) is 49.9 Å². The molecule has 0 saturated carbocycles. The summed E-state index contributed by atoms with van der Waals surface area (Å²) in [6.07, 6.45) is 2.54. The molecule has 3 rings (SSSR count). The number of benzene rings is 1. The fourth-order valence-electron chi connectivity index (χ4n) is 3.96. The smallest absolute Gasteiger partial charge is 0.320 e. The predicted molar refractivity (Wildman–Crippen MR) is 109 cm³/mol. The normalized spacial score (nSPS) is 18.5. The molecule has 1 fully saturated rings. The lowest BCUT2D eigenvalue weighted by molar-refractivity contribution is -0.145. The number of carboxylic acids is 1. The second kappa shape index (κ2) is 8.84. The van der Waals surface area contributed by atoms with Crippen molar-refractivity contribution in [2.75, 3.05) is 27.9 Å². The highest BCUT2D eigenvalue weighted by atomic mass is 32.1. The Kier molecular flexibility index (Phi) is 6.46. The van der Waals surface area contributed by atoms with Gasteiger partial charge in [-0.05, 0) is 55.5 Å². The number of aryl methyl sites for hydroxylation is 1. The van der Waals surface area contributed by atoms with Crippen LogP contribution in [0, 0.1) is 6.92 Å². The first-order chi connectivity index (χ1) is 13.5. The molecule has 0 amide bonds. The Balaban J connectivity index is 2.19. The number of hydrogen-bond acceptors (Lipinski definition) is 6. The van der Waals surface area contributed by atoms with Crippen LogP contribution in [0.1, 0.15) is 41.3 Å². The van der Waals surface area contributed by atoms with Gasteiger partial charge in [-0.15, -0.1) is 11.3 Å². The van der Waals surface area contributed by atoms with E-state index < -0.39 is 12.0 Å². The number of methoxy groups -OCH3 is 3. The summed E-state index contributed by atoms with van der Waals surface area (Å²) in [5.74, 6) is 0.896. The van der Waals surface area contributed by atoms with E-state index in [1.54, 1.807) is 32.7 Å². The van der Waals surface area contributed by atoms with Crippen LogP contribution < -0.4 is 14.2 Å². The molecule has 1 N–H and O–H groups in total. The summed E-state index contributed by atoms with van der Waals surface area (Å²) < 4.78 is 16.7. The maximum Gasteiger partial charge on any atom is 0.320 e. The second-order valence-electron chi connectivity index (χ2n) is 6.94. The number of aliphatic carboxylic acids is 1. The van der Waals surface area contributed by atoms with Gasteiger partial charge in [0, 0.05) is 10.4 Å². The number of carbonyl (C=O) groups is 1. The summed E-state index contributed by atoms with van der Waals surface area (Å²) in [5, 5.41) is 11.9. The van der Waals surface area contributed by atoms with Crippen LogP contribution in [0.5, 0.6) is 17.2 Å². The molecule has 1 aromatic heterocycles. The van der Waals surface area contributed by atoms with Gasteiger partial charge in [-0.3, -0.25) is 9.69 Å². The molecular formula is C21H27NO5S. The molecule has 2 unspecified atom stereocenters. The number of nitrogens with zero attached hydrogens (tertiary/aromatic N) is 1. The lowest BCUT2D eigenvalue weighted by Gasteiger charge is -2.39. The van der Waals surface area contributed by atoms with E-state index in [0.29, 0.717) is 23.7 Å². The van der Waals surface area contributed by atoms with E-state index in [-0.39, 0.29) is 6.04 Å². The van der Waals surface area contributed by atoms with Gasteiger partial charge in [-0.25, -0.2) is 0 Å². The maximum atomic E-state index is 12.0. The second-order valence-corrected chi connectivity index (χ2v) is 7.88. The molecule has 1 saturated heterocycles. The fraction of sp³-hybridized carbons (Fsp3) is 0.476. The Labute approximate surface area is 169 Å². The first-order valence-electron chi connectivity index (χ1n) is 9.34. The molecule has 7 heteroatoms. The molecular weight excluding hydrogens is 378 g/mol. The number of ether oxygens (including phenoxy) is 3. The Morgan fingerprint density at radius 1 is 1.18 bits per heavy atom. The first kappa shape index (κ1) is 20.5. The number of thiophene rings is 1. The number of rotatable bonds is 7. The lowest BCUT2D eigenvalue weighted by atomic mass is 9.94. The number of hydrogen-bond donors (Lipinski definition) is 1. The molecule has 0 radical (unpaired) electrons. The number of likely N-dealkylation sites (tertiary alicyclic amines) is 1. The predicted octanol–water partition coefficient (Wildman–Crippen LogP) is 4.11. The molecule has 152 valence electrons. The van der Waals surface area contributed by atoms with Crippen molar-refractivity contribution in [3.63, 3.8) is 0 Å². The van der Waals surface area contributed by atoms with E-state index in [2.05, 4.69) is 16.3 Å². The van der Waals surface area contributed by atoms with Crippen molar-refractivity contribution in [3.05, 3.63) is 39.6 Å². The fourth-order valence-corrected chi connectivity index (χ4v) is 5.00. The summed E-state index contributed by atoms with van der Waals surface area (Å²) in [6, 6.07) is 5.17. The molecule has 1 aliphatic heterocycles. The van der Waals surface area contributed by atoms with Gasteiger partial charge in [0.25, 0.3) is 0 Å². The standard InChI is InChI=1S/C21H27NO5S/c1-13-11-17(28-12-13)18(22-10-6-5-7-15(22)21(23)24)14-8-9-16(25-2)20(27-4)19(14)26-3/h8-9,11-12,15,18H,5-7,10H2,1-4H3,(H,23,24). The van der Waals surface area contributed by atoms with Crippen molar-refractivity contribution in [3.8, 4) is 17.2 Å². The molecule has 1 aromatic carbocycles. The van der Waals surface area contributed by atoms with Crippen LogP contribution in [0.4, 0.5) is 0 Å². The molecule has 0 bridgehead atoms. The highest BCUT2D eigenvalue weighted by Crippen LogP contribution is 2.47. The third-order valence-corrected chi connectivity index (χ3v) is 6.31. The van der Waals surface area contributed by atoms with E-state index in [1.807, 2.05) is 19.1 Å². The van der Waals surface area contributed by atoms with Gasteiger partial charge in [0.05, 0.1) is 27.4 Å². The van der Waals surface area contributed by atoms with Crippen molar-refractivity contribution < 1.29 is 24.1 Å². The van der Waals surface area contributed by atoms with Crippen LogP contribution >= 0.6 is 11.3 Å². The van der Waals surface area contributed by atoms with Crippen LogP contribution in [0.2, 0.25) is 0 Å². The van der Waals surface area contributed by atoms with E-state index in [4.69, 9.17) is 14.2 Å². The topological polar surface area (TPSA) is 68.2 Å². The summed E-state index contributed by atoms with van der Waals surface area (Å²) in [4.78, 5) is 15.2. The number of carboxylic acid groups (broad SMARTS) is 1. The summed E-state index contributed by atoms with van der Waals surface area (Å²) in [5.41, 5.74) is 2.04. The van der Waals surface area contributed by atoms with E-state index in [1.165, 1.54) is 0 Å². The molecule has 28 heavy (non-hydrogen) atoms. The Morgan fingerprint density at radius 2 is 1.93 bits per heavy atom. The molecule has 2 heterocycles. The van der Waals surface area contributed by atoms with E-state index in [0.717, 1.165) is 35.4 Å².